The number of carbonyl (C=O) groups is 1. The minimum atomic E-state index is -0.533. The van der Waals surface area contributed by atoms with Gasteiger partial charge in [0, 0.05) is 17.8 Å². The Hall–Kier alpha value is -5.32. The average Bonchev–Trinajstić information content (AvgIpc) is 3.31. The van der Waals surface area contributed by atoms with Crippen molar-refractivity contribution < 1.29 is 14.5 Å². The Labute approximate surface area is 203 Å². The zero-order valence-corrected chi connectivity index (χ0v) is 18.6. The second kappa shape index (κ2) is 9.50. The van der Waals surface area contributed by atoms with Crippen LogP contribution in [0.2, 0.25) is 0 Å². The van der Waals surface area contributed by atoms with Gasteiger partial charge in [0.15, 0.2) is 5.65 Å². The lowest BCUT2D eigenvalue weighted by atomic mass is 10.2. The molecule has 0 fully saturated rings. The smallest absolute Gasteiger partial charge is 0.294 e. The first-order valence-corrected chi connectivity index (χ1v) is 10.8. The van der Waals surface area contributed by atoms with E-state index in [2.05, 4.69) is 15.4 Å². The molecule has 2 heterocycles. The summed E-state index contributed by atoms with van der Waals surface area (Å²) in [4.78, 5) is 40.7. The molecule has 5 aromatic rings. The molecule has 1 N–H and O–H groups in total. The molecule has 3 aromatic carbocycles. The van der Waals surface area contributed by atoms with Crippen LogP contribution in [0.15, 0.2) is 96.2 Å². The Balaban J connectivity index is 1.35. The minimum absolute atomic E-state index is 0.127. The molecule has 11 nitrogen and oxygen atoms in total. The molecular weight excluding hydrogens is 464 g/mol. The second-order valence-electron chi connectivity index (χ2n) is 7.71. The van der Waals surface area contributed by atoms with Crippen LogP contribution in [0.1, 0.15) is 0 Å². The van der Waals surface area contributed by atoms with Crippen LogP contribution in [0, 0.1) is 10.1 Å². The van der Waals surface area contributed by atoms with Gasteiger partial charge in [-0.2, -0.15) is 5.10 Å². The molecule has 0 atom stereocenters. The molecule has 178 valence electrons. The van der Waals surface area contributed by atoms with Gasteiger partial charge < -0.3 is 10.1 Å². The third-order valence-electron chi connectivity index (χ3n) is 5.27. The van der Waals surface area contributed by atoms with E-state index in [4.69, 9.17) is 4.74 Å². The maximum absolute atomic E-state index is 13.0. The fourth-order valence-corrected chi connectivity index (χ4v) is 3.65. The number of hydrogen-bond acceptors (Lipinski definition) is 7. The van der Waals surface area contributed by atoms with Crippen LogP contribution in [0.3, 0.4) is 0 Å². The van der Waals surface area contributed by atoms with Crippen LogP contribution in [-0.4, -0.2) is 30.2 Å². The van der Waals surface area contributed by atoms with E-state index in [1.54, 1.807) is 30.3 Å². The minimum Gasteiger partial charge on any atom is -0.457 e. The van der Waals surface area contributed by atoms with Gasteiger partial charge in [0.2, 0.25) is 5.91 Å². The molecular formula is C25H18N6O5. The summed E-state index contributed by atoms with van der Waals surface area (Å²) in [5, 5.41) is 18.4. The van der Waals surface area contributed by atoms with E-state index in [1.807, 2.05) is 30.3 Å². The fraction of sp³-hybridized carbons (Fsp3) is 0.0400. The van der Waals surface area contributed by atoms with Gasteiger partial charge in [-0.25, -0.2) is 9.67 Å². The monoisotopic (exact) mass is 482 g/mol. The number of para-hydroxylation sites is 3. The van der Waals surface area contributed by atoms with Crippen molar-refractivity contribution in [1.82, 2.24) is 19.3 Å². The van der Waals surface area contributed by atoms with Gasteiger partial charge in [-0.05, 0) is 30.3 Å². The van der Waals surface area contributed by atoms with E-state index < -0.39 is 16.4 Å². The highest BCUT2D eigenvalue weighted by atomic mass is 16.6. The van der Waals surface area contributed by atoms with Crippen LogP contribution in [0.4, 0.5) is 11.4 Å². The first-order chi connectivity index (χ1) is 17.5. The summed E-state index contributed by atoms with van der Waals surface area (Å²) in [5.74, 6) is 0.760. The number of nitro groups is 1. The molecule has 0 aliphatic heterocycles. The van der Waals surface area contributed by atoms with Gasteiger partial charge in [-0.15, -0.1) is 0 Å². The van der Waals surface area contributed by atoms with Gasteiger partial charge in [0.25, 0.3) is 11.2 Å². The number of aromatic nitrogens is 4. The van der Waals surface area contributed by atoms with E-state index in [1.165, 1.54) is 35.4 Å². The largest absolute Gasteiger partial charge is 0.457 e. The molecule has 1 amide bonds. The predicted octanol–water partition coefficient (Wildman–Crippen LogP) is 3.92. The normalized spacial score (nSPS) is 10.8. The highest BCUT2D eigenvalue weighted by Gasteiger charge is 2.19. The van der Waals surface area contributed by atoms with Gasteiger partial charge in [-0.1, -0.05) is 36.4 Å². The third kappa shape index (κ3) is 4.53. The maximum atomic E-state index is 13.0. The highest BCUT2D eigenvalue weighted by molar-refractivity contribution is 5.91. The van der Waals surface area contributed by atoms with Crippen molar-refractivity contribution in [2.24, 2.45) is 0 Å². The van der Waals surface area contributed by atoms with Gasteiger partial charge in [0.1, 0.15) is 35.4 Å². The number of nitro benzene ring substituents is 1. The lowest BCUT2D eigenvalue weighted by Crippen LogP contribution is -2.27. The summed E-state index contributed by atoms with van der Waals surface area (Å²) >= 11 is 0. The molecule has 0 aliphatic rings. The zero-order valence-electron chi connectivity index (χ0n) is 18.6. The summed E-state index contributed by atoms with van der Waals surface area (Å²) in [6, 6.07) is 22.1. The van der Waals surface area contributed by atoms with Crippen molar-refractivity contribution in [3.05, 3.63) is 112 Å². The lowest BCUT2D eigenvalue weighted by molar-refractivity contribution is -0.384. The summed E-state index contributed by atoms with van der Waals surface area (Å²) in [5.41, 5.74) is 0.154. The van der Waals surface area contributed by atoms with Crippen molar-refractivity contribution in [3.63, 3.8) is 0 Å². The molecule has 0 saturated heterocycles. The summed E-state index contributed by atoms with van der Waals surface area (Å²) in [6.07, 6.45) is 2.49. The molecule has 0 spiro atoms. The molecule has 0 saturated carbocycles. The number of rotatable bonds is 7. The molecule has 0 bridgehead atoms. The van der Waals surface area contributed by atoms with E-state index in [0.717, 1.165) is 4.57 Å². The molecule has 11 heteroatoms. The molecule has 0 radical (unpaired) electrons. The number of benzene rings is 3. The fourth-order valence-electron chi connectivity index (χ4n) is 3.65. The van der Waals surface area contributed by atoms with Crippen molar-refractivity contribution in [2.45, 2.75) is 6.54 Å². The van der Waals surface area contributed by atoms with Crippen molar-refractivity contribution in [3.8, 4) is 17.2 Å². The van der Waals surface area contributed by atoms with Crippen molar-refractivity contribution >= 4 is 28.3 Å². The third-order valence-corrected chi connectivity index (χ3v) is 5.27. The number of amides is 1. The molecule has 36 heavy (non-hydrogen) atoms. The number of fused-ring (bicyclic) bond motifs is 1. The van der Waals surface area contributed by atoms with Crippen LogP contribution in [-0.2, 0) is 11.3 Å². The Morgan fingerprint density at radius 3 is 2.56 bits per heavy atom. The Bertz CT molecular complexity index is 1640. The number of ether oxygens (including phenoxy) is 1. The van der Waals surface area contributed by atoms with E-state index in [-0.39, 0.29) is 29.0 Å². The molecule has 2 aromatic heterocycles. The quantitative estimate of drug-likeness (QED) is 0.274. The standard InChI is InChI=1S/C25H18N6O5/c32-23(28-17-7-6-10-19(13-17)36-18-8-2-1-3-9-18)15-29-16-26-24-20(25(29)33)14-27-30(24)21-11-4-5-12-22(21)31(34)35/h1-14,16H,15H2,(H,28,32). The van der Waals surface area contributed by atoms with Crippen LogP contribution < -0.4 is 15.6 Å². The lowest BCUT2D eigenvalue weighted by Gasteiger charge is -2.10. The molecule has 5 rings (SSSR count). The summed E-state index contributed by atoms with van der Waals surface area (Å²) in [7, 11) is 0. The topological polar surface area (TPSA) is 134 Å². The van der Waals surface area contributed by atoms with Crippen LogP contribution >= 0.6 is 0 Å². The predicted molar refractivity (Wildman–Crippen MR) is 131 cm³/mol. The molecule has 0 aliphatic carbocycles. The highest BCUT2D eigenvalue weighted by Crippen LogP contribution is 2.25. The van der Waals surface area contributed by atoms with Crippen LogP contribution in [0.25, 0.3) is 16.7 Å². The van der Waals surface area contributed by atoms with E-state index >= 15 is 0 Å². The first kappa shape index (κ1) is 22.5. The number of anilines is 1. The number of nitrogens with zero attached hydrogens (tertiary/aromatic N) is 5. The first-order valence-electron chi connectivity index (χ1n) is 10.8. The van der Waals surface area contributed by atoms with E-state index in [0.29, 0.717) is 17.2 Å². The van der Waals surface area contributed by atoms with Crippen LogP contribution in [0.5, 0.6) is 11.5 Å². The summed E-state index contributed by atoms with van der Waals surface area (Å²) in [6.45, 7) is -0.289. The van der Waals surface area contributed by atoms with Gasteiger partial charge >= 0.3 is 0 Å². The number of nitrogens with one attached hydrogen (secondary N) is 1. The Morgan fingerprint density at radius 2 is 1.75 bits per heavy atom. The summed E-state index contributed by atoms with van der Waals surface area (Å²) < 4.78 is 8.16. The Morgan fingerprint density at radius 1 is 1.00 bits per heavy atom. The maximum Gasteiger partial charge on any atom is 0.294 e. The molecule has 0 unspecified atom stereocenters. The zero-order chi connectivity index (χ0) is 25.1. The van der Waals surface area contributed by atoms with Gasteiger partial charge in [-0.3, -0.25) is 24.3 Å². The van der Waals surface area contributed by atoms with E-state index in [9.17, 15) is 19.7 Å². The Kier molecular flexibility index (Phi) is 5.93. The second-order valence-corrected chi connectivity index (χ2v) is 7.71. The number of carbonyl (C=O) groups excluding carboxylic acids is 1. The van der Waals surface area contributed by atoms with Crippen molar-refractivity contribution in [1.29, 1.82) is 0 Å². The van der Waals surface area contributed by atoms with Gasteiger partial charge in [0.05, 0.1) is 11.1 Å². The SMILES string of the molecule is O=C(Cn1cnc2c(cnn2-c2ccccc2[N+](=O)[O-])c1=O)Nc1cccc(Oc2ccccc2)c1. The number of hydrogen-bond donors (Lipinski definition) is 1. The van der Waals surface area contributed by atoms with Crippen molar-refractivity contribution in [2.75, 3.05) is 5.32 Å². The average molecular weight is 482 g/mol.